The summed E-state index contributed by atoms with van der Waals surface area (Å²) >= 11 is 0. The summed E-state index contributed by atoms with van der Waals surface area (Å²) in [6.07, 6.45) is 0. The van der Waals surface area contributed by atoms with E-state index in [0.717, 1.165) is 0 Å². The van der Waals surface area contributed by atoms with Gasteiger partial charge in [0.15, 0.2) is 17.4 Å². The minimum absolute atomic E-state index is 0. The van der Waals surface area contributed by atoms with Crippen LogP contribution in [0.15, 0.2) is 0 Å². The molecule has 0 heterocycles. The molecule has 0 fully saturated rings. The molecule has 0 N–H and O–H groups in total. The van der Waals surface area contributed by atoms with E-state index in [2.05, 4.69) is 0 Å². The van der Waals surface area contributed by atoms with Gasteiger partial charge in [-0.05, 0) is 0 Å². The van der Waals surface area contributed by atoms with Gasteiger partial charge in [0, 0.05) is 50.6 Å². The van der Waals surface area contributed by atoms with Crippen molar-refractivity contribution in [1.82, 2.24) is 0 Å². The molecule has 0 aliphatic rings. The van der Waals surface area contributed by atoms with Crippen LogP contribution in [-0.2, 0) is 50.6 Å². The summed E-state index contributed by atoms with van der Waals surface area (Å²) in [5.41, 5.74) is 0. The van der Waals surface area contributed by atoms with E-state index >= 15 is 0 Å². The van der Waals surface area contributed by atoms with Crippen molar-refractivity contribution in [2.75, 3.05) is 0 Å². The molecule has 0 atom stereocenters. The third-order valence-corrected chi connectivity index (χ3v) is 0. The fourth-order valence-corrected chi connectivity index (χ4v) is 0. The second kappa shape index (κ2) is 19.6. The molecule has 1 radical (unpaired) electrons. The fourth-order valence-electron chi connectivity index (χ4n) is 0. The first kappa shape index (κ1) is 36.5. The first-order valence-corrected chi connectivity index (χ1v) is 0. The molecule has 0 aliphatic carbocycles. The van der Waals surface area contributed by atoms with Crippen LogP contribution in [-0.4, -0.2) is 17.4 Å². The molecule has 0 unspecified atom stereocenters. The van der Waals surface area contributed by atoms with E-state index < -0.39 is 0 Å². The minimum atomic E-state index is 0. The molecule has 0 spiro atoms. The molecule has 0 aliphatic heterocycles. The van der Waals surface area contributed by atoms with E-state index in [1.165, 1.54) is 0 Å². The summed E-state index contributed by atoms with van der Waals surface area (Å²) in [7, 11) is 0. The van der Waals surface area contributed by atoms with Crippen LogP contribution < -0.4 is 0 Å². The maximum absolute atomic E-state index is 0. The Hall–Kier alpha value is 2.06. The maximum Gasteiger partial charge on any atom is 0.187 e. The normalized spacial score (nSPS) is 0. The van der Waals surface area contributed by atoms with Crippen LogP contribution in [0.25, 0.3) is 0 Å². The summed E-state index contributed by atoms with van der Waals surface area (Å²) < 4.78 is 0. The van der Waals surface area contributed by atoms with Crippen LogP contribution in [0, 0.1) is 0 Å². The van der Waals surface area contributed by atoms with Crippen LogP contribution in [0.2, 0.25) is 0 Å². The predicted molar refractivity (Wildman–Crippen MR) is 9.94 cm³/mol. The van der Waals surface area contributed by atoms with Crippen molar-refractivity contribution in [1.29, 1.82) is 0 Å². The molecular weight excluding hydrogens is 196 g/mol. The second-order valence-corrected chi connectivity index (χ2v) is 0. The van der Waals surface area contributed by atoms with E-state index in [4.69, 9.17) is 0 Å². The van der Waals surface area contributed by atoms with Gasteiger partial charge in [-0.1, -0.05) is 0 Å². The molecule has 0 aromatic heterocycles. The standard InChI is InChI=1S/Al.Fe.Mn.Ni.3H. The molecule has 0 amide bonds. The third-order valence-electron chi connectivity index (χ3n) is 0. The van der Waals surface area contributed by atoms with E-state index in [-0.39, 0.29) is 68.0 Å². The monoisotopic (exact) mass is 199 g/mol. The summed E-state index contributed by atoms with van der Waals surface area (Å²) in [5, 5.41) is 0. The fraction of sp³-hybridized carbons (Fsp3) is 0. The van der Waals surface area contributed by atoms with E-state index in [9.17, 15) is 0 Å². The van der Waals surface area contributed by atoms with Crippen molar-refractivity contribution >= 4 is 17.4 Å². The Bertz CT molecular complexity index is 8.00. The minimum Gasteiger partial charge on any atom is 0 e. The Balaban J connectivity index is 0. The average Bonchev–Trinajstić information content (AvgIpc) is 0. The SMILES string of the molecule is [AlH3].[Fe].[Mn].[Ni]. The molecule has 0 saturated carbocycles. The Morgan fingerprint density at radius 3 is 1.00 bits per heavy atom. The molecule has 0 rings (SSSR count). The molecule has 0 aromatic carbocycles. The van der Waals surface area contributed by atoms with Crippen LogP contribution in [0.1, 0.15) is 0 Å². The average molecular weight is 199 g/mol. The summed E-state index contributed by atoms with van der Waals surface area (Å²) in [6, 6.07) is 0. The van der Waals surface area contributed by atoms with Crippen molar-refractivity contribution in [2.24, 2.45) is 0 Å². The predicted octanol–water partition coefficient (Wildman–Crippen LogP) is -1.19. The van der Waals surface area contributed by atoms with Crippen molar-refractivity contribution in [3.8, 4) is 0 Å². The number of hydrogen-bond donors (Lipinski definition) is 0. The van der Waals surface area contributed by atoms with Gasteiger partial charge in [-0.3, -0.25) is 0 Å². The molecule has 0 aromatic rings. The number of hydrogen-bond acceptors (Lipinski definition) is 0. The quantitative estimate of drug-likeness (QED) is 0.431. The van der Waals surface area contributed by atoms with Crippen LogP contribution in [0.3, 0.4) is 0 Å². The van der Waals surface area contributed by atoms with Gasteiger partial charge in [0.2, 0.25) is 0 Å². The molecule has 0 saturated heterocycles. The second-order valence-electron chi connectivity index (χ2n) is 0. The smallest absolute Gasteiger partial charge is 0 e. The van der Waals surface area contributed by atoms with Gasteiger partial charge in [0.1, 0.15) is 0 Å². The van der Waals surface area contributed by atoms with Gasteiger partial charge in [-0.15, -0.1) is 0 Å². The van der Waals surface area contributed by atoms with Gasteiger partial charge in [0.25, 0.3) is 0 Å². The molecular formula is H3AlFeMnNi. The molecule has 4 heteroatoms. The van der Waals surface area contributed by atoms with Crippen LogP contribution in [0.4, 0.5) is 0 Å². The van der Waals surface area contributed by atoms with Crippen molar-refractivity contribution in [2.45, 2.75) is 0 Å². The summed E-state index contributed by atoms with van der Waals surface area (Å²) in [4.78, 5) is 0. The van der Waals surface area contributed by atoms with Gasteiger partial charge < -0.3 is 0 Å². The Morgan fingerprint density at radius 1 is 1.00 bits per heavy atom. The van der Waals surface area contributed by atoms with Crippen molar-refractivity contribution in [3.63, 3.8) is 0 Å². The maximum atomic E-state index is 0. The third kappa shape index (κ3) is 8.96. The Kier molecular flexibility index (Phi) is 179. The first-order valence-electron chi connectivity index (χ1n) is 0. The van der Waals surface area contributed by atoms with E-state index in [0.29, 0.717) is 0 Å². The largest absolute Gasteiger partial charge is 0.187 e. The Morgan fingerprint density at radius 2 is 1.00 bits per heavy atom. The zero-order chi connectivity index (χ0) is 0. The van der Waals surface area contributed by atoms with E-state index in [1.54, 1.807) is 0 Å². The van der Waals surface area contributed by atoms with E-state index in [1.807, 2.05) is 0 Å². The zero-order valence-corrected chi connectivity index (χ0v) is 4.32. The van der Waals surface area contributed by atoms with Gasteiger partial charge in [-0.25, -0.2) is 0 Å². The molecule has 0 bridgehead atoms. The summed E-state index contributed by atoms with van der Waals surface area (Å²) in [5.74, 6) is 0. The van der Waals surface area contributed by atoms with Gasteiger partial charge >= 0.3 is 0 Å². The van der Waals surface area contributed by atoms with Crippen molar-refractivity contribution in [3.05, 3.63) is 0 Å². The molecule has 0 nitrogen and oxygen atoms in total. The van der Waals surface area contributed by atoms with Crippen LogP contribution in [0.5, 0.6) is 0 Å². The zero-order valence-electron chi connectivity index (χ0n) is 1.05. The van der Waals surface area contributed by atoms with Crippen molar-refractivity contribution < 1.29 is 50.6 Å². The Labute approximate surface area is 67.5 Å². The number of rotatable bonds is 0. The summed E-state index contributed by atoms with van der Waals surface area (Å²) in [6.45, 7) is 0. The first-order chi connectivity index (χ1) is 0. The van der Waals surface area contributed by atoms with Gasteiger partial charge in [0.05, 0.1) is 0 Å². The molecule has 31 valence electrons. The topological polar surface area (TPSA) is 0 Å². The van der Waals surface area contributed by atoms with Crippen LogP contribution >= 0.6 is 0 Å². The molecule has 4 heavy (non-hydrogen) atoms. The van der Waals surface area contributed by atoms with Gasteiger partial charge in [-0.2, -0.15) is 0 Å².